The predicted molar refractivity (Wildman–Crippen MR) is 59.5 cm³/mol. The normalized spacial score (nSPS) is 29.3. The third-order valence-corrected chi connectivity index (χ3v) is 3.24. The van der Waals surface area contributed by atoms with Crippen LogP contribution in [-0.2, 0) is 6.54 Å². The Hall–Kier alpha value is -0.450. The Bertz CT molecular complexity index is 263. The highest BCUT2D eigenvalue weighted by Gasteiger charge is 2.21. The molecular weight excluding hydrogens is 194 g/mol. The maximum atomic E-state index is 4.32. The van der Waals surface area contributed by atoms with Gasteiger partial charge in [-0.05, 0) is 13.8 Å². The van der Waals surface area contributed by atoms with E-state index in [1.165, 1.54) is 5.01 Å². The zero-order chi connectivity index (χ0) is 9.97. The highest BCUT2D eigenvalue weighted by Crippen LogP contribution is 2.11. The van der Waals surface area contributed by atoms with Gasteiger partial charge in [0, 0.05) is 36.8 Å². The van der Waals surface area contributed by atoms with E-state index >= 15 is 0 Å². The first-order valence-electron chi connectivity index (χ1n) is 5.11. The van der Waals surface area contributed by atoms with Gasteiger partial charge < -0.3 is 5.32 Å². The van der Waals surface area contributed by atoms with Crippen LogP contribution in [0.3, 0.4) is 0 Å². The van der Waals surface area contributed by atoms with Crippen molar-refractivity contribution in [2.24, 2.45) is 0 Å². The van der Waals surface area contributed by atoms with Gasteiger partial charge in [-0.2, -0.15) is 0 Å². The van der Waals surface area contributed by atoms with Gasteiger partial charge in [-0.1, -0.05) is 0 Å². The fraction of sp³-hybridized carbons (Fsp3) is 0.700. The average Bonchev–Trinajstić information content (AvgIpc) is 2.54. The Morgan fingerprint density at radius 1 is 1.50 bits per heavy atom. The van der Waals surface area contributed by atoms with Crippen molar-refractivity contribution in [1.29, 1.82) is 0 Å². The van der Waals surface area contributed by atoms with Crippen LogP contribution in [-0.4, -0.2) is 35.1 Å². The Morgan fingerprint density at radius 3 is 2.79 bits per heavy atom. The van der Waals surface area contributed by atoms with Gasteiger partial charge in [-0.3, -0.25) is 4.90 Å². The summed E-state index contributed by atoms with van der Waals surface area (Å²) in [5.74, 6) is 0. The fourth-order valence-corrected chi connectivity index (χ4v) is 2.75. The van der Waals surface area contributed by atoms with E-state index in [1.807, 2.05) is 11.6 Å². The van der Waals surface area contributed by atoms with E-state index in [9.17, 15) is 0 Å². The molecule has 3 nitrogen and oxygen atoms in total. The van der Waals surface area contributed by atoms with Crippen LogP contribution in [0.15, 0.2) is 11.6 Å². The summed E-state index contributed by atoms with van der Waals surface area (Å²) in [5.41, 5.74) is 0. The van der Waals surface area contributed by atoms with Gasteiger partial charge in [-0.15, -0.1) is 11.3 Å². The molecule has 2 rings (SSSR count). The minimum Gasteiger partial charge on any atom is -0.309 e. The van der Waals surface area contributed by atoms with Crippen molar-refractivity contribution >= 4 is 11.3 Å². The molecule has 0 aliphatic carbocycles. The van der Waals surface area contributed by atoms with Crippen LogP contribution in [0.5, 0.6) is 0 Å². The number of nitrogens with one attached hydrogen (secondary N) is 1. The fourth-order valence-electron chi connectivity index (χ4n) is 2.09. The number of hydrogen-bond donors (Lipinski definition) is 1. The first kappa shape index (κ1) is 10.1. The molecule has 0 aromatic carbocycles. The van der Waals surface area contributed by atoms with Crippen molar-refractivity contribution in [3.8, 4) is 0 Å². The van der Waals surface area contributed by atoms with E-state index in [0.29, 0.717) is 12.1 Å². The summed E-state index contributed by atoms with van der Waals surface area (Å²) in [6.45, 7) is 7.75. The molecule has 1 N–H and O–H groups in total. The Balaban J connectivity index is 1.91. The average molecular weight is 211 g/mol. The molecule has 1 aliphatic rings. The smallest absolute Gasteiger partial charge is 0.107 e. The largest absolute Gasteiger partial charge is 0.309 e. The number of piperazine rings is 1. The van der Waals surface area contributed by atoms with Gasteiger partial charge in [0.25, 0.3) is 0 Å². The van der Waals surface area contributed by atoms with E-state index in [2.05, 4.69) is 29.0 Å². The van der Waals surface area contributed by atoms with Gasteiger partial charge in [-0.25, -0.2) is 4.98 Å². The summed E-state index contributed by atoms with van der Waals surface area (Å²) in [6, 6.07) is 1.19. The zero-order valence-corrected chi connectivity index (χ0v) is 9.55. The highest BCUT2D eigenvalue weighted by atomic mass is 32.1. The molecule has 0 saturated carbocycles. The summed E-state index contributed by atoms with van der Waals surface area (Å²) in [5, 5.41) is 6.80. The molecular formula is C10H17N3S. The predicted octanol–water partition coefficient (Wildman–Crippen LogP) is 1.33. The summed E-state index contributed by atoms with van der Waals surface area (Å²) in [6.07, 6.45) is 1.88. The van der Waals surface area contributed by atoms with E-state index in [4.69, 9.17) is 0 Å². The topological polar surface area (TPSA) is 28.2 Å². The van der Waals surface area contributed by atoms with Crippen LogP contribution in [0.25, 0.3) is 0 Å². The molecule has 0 amide bonds. The molecule has 4 heteroatoms. The van der Waals surface area contributed by atoms with Gasteiger partial charge in [0.05, 0.1) is 6.54 Å². The Morgan fingerprint density at radius 2 is 2.21 bits per heavy atom. The number of nitrogens with zero attached hydrogens (tertiary/aromatic N) is 2. The maximum Gasteiger partial charge on any atom is 0.107 e. The molecule has 1 fully saturated rings. The van der Waals surface area contributed by atoms with Crippen molar-refractivity contribution in [2.45, 2.75) is 32.5 Å². The number of thiazole rings is 1. The van der Waals surface area contributed by atoms with Crippen LogP contribution in [0.2, 0.25) is 0 Å². The summed E-state index contributed by atoms with van der Waals surface area (Å²) >= 11 is 1.75. The molecule has 2 heterocycles. The lowest BCUT2D eigenvalue weighted by atomic mass is 10.1. The van der Waals surface area contributed by atoms with E-state index in [-0.39, 0.29) is 0 Å². The lowest BCUT2D eigenvalue weighted by molar-refractivity contribution is 0.166. The standard InChI is InChI=1S/C10H17N3S/c1-8-5-13(6-9(2)12-8)7-10-11-3-4-14-10/h3-4,8-9,12H,5-7H2,1-2H3. The molecule has 14 heavy (non-hydrogen) atoms. The van der Waals surface area contributed by atoms with Gasteiger partial charge in [0.2, 0.25) is 0 Å². The van der Waals surface area contributed by atoms with Gasteiger partial charge >= 0.3 is 0 Å². The van der Waals surface area contributed by atoms with Crippen LogP contribution < -0.4 is 5.32 Å². The Labute approximate surface area is 89.1 Å². The molecule has 1 aromatic heterocycles. The summed E-state index contributed by atoms with van der Waals surface area (Å²) in [4.78, 5) is 6.79. The van der Waals surface area contributed by atoms with E-state index < -0.39 is 0 Å². The van der Waals surface area contributed by atoms with E-state index in [0.717, 1.165) is 19.6 Å². The third-order valence-electron chi connectivity index (χ3n) is 2.48. The van der Waals surface area contributed by atoms with Crippen molar-refractivity contribution in [3.63, 3.8) is 0 Å². The second-order valence-electron chi connectivity index (χ2n) is 4.09. The quantitative estimate of drug-likeness (QED) is 0.800. The number of hydrogen-bond acceptors (Lipinski definition) is 4. The number of rotatable bonds is 2. The molecule has 2 unspecified atom stereocenters. The molecule has 0 radical (unpaired) electrons. The SMILES string of the molecule is CC1CN(Cc2nccs2)CC(C)N1. The van der Waals surface area contributed by atoms with Gasteiger partial charge in [0.1, 0.15) is 5.01 Å². The summed E-state index contributed by atoms with van der Waals surface area (Å²) < 4.78 is 0. The minimum absolute atomic E-state index is 0.596. The van der Waals surface area contributed by atoms with E-state index in [1.54, 1.807) is 11.3 Å². The lowest BCUT2D eigenvalue weighted by Crippen LogP contribution is -2.53. The molecule has 78 valence electrons. The maximum absolute atomic E-state index is 4.32. The first-order chi connectivity index (χ1) is 6.74. The molecule has 0 spiro atoms. The van der Waals surface area contributed by atoms with Crippen LogP contribution >= 0.6 is 11.3 Å². The zero-order valence-electron chi connectivity index (χ0n) is 8.73. The van der Waals surface area contributed by atoms with Crippen LogP contribution in [0.4, 0.5) is 0 Å². The monoisotopic (exact) mass is 211 g/mol. The van der Waals surface area contributed by atoms with Crippen molar-refractivity contribution < 1.29 is 0 Å². The lowest BCUT2D eigenvalue weighted by Gasteiger charge is -2.35. The molecule has 1 aliphatic heterocycles. The first-order valence-corrected chi connectivity index (χ1v) is 5.99. The second-order valence-corrected chi connectivity index (χ2v) is 5.07. The minimum atomic E-state index is 0.596. The van der Waals surface area contributed by atoms with Gasteiger partial charge in [0.15, 0.2) is 0 Å². The molecule has 1 saturated heterocycles. The van der Waals surface area contributed by atoms with Crippen LogP contribution in [0, 0.1) is 0 Å². The van der Waals surface area contributed by atoms with Crippen molar-refractivity contribution in [3.05, 3.63) is 16.6 Å². The Kier molecular flexibility index (Phi) is 3.15. The summed E-state index contributed by atoms with van der Waals surface area (Å²) in [7, 11) is 0. The molecule has 0 bridgehead atoms. The molecule has 1 aromatic rings. The van der Waals surface area contributed by atoms with Crippen LogP contribution in [0.1, 0.15) is 18.9 Å². The highest BCUT2D eigenvalue weighted by molar-refractivity contribution is 7.09. The number of aromatic nitrogens is 1. The molecule has 2 atom stereocenters. The van der Waals surface area contributed by atoms with Crippen molar-refractivity contribution in [1.82, 2.24) is 15.2 Å². The third kappa shape index (κ3) is 2.53. The van der Waals surface area contributed by atoms with Crippen molar-refractivity contribution in [2.75, 3.05) is 13.1 Å². The second kappa shape index (κ2) is 4.38.